The smallest absolute Gasteiger partial charge is 0.341 e. The van der Waals surface area contributed by atoms with Gasteiger partial charge in [0, 0.05) is 5.69 Å². The average molecular weight is 425 g/mol. The Bertz CT molecular complexity index is 996. The Morgan fingerprint density at radius 3 is 2.17 bits per heavy atom. The number of para-hydroxylation sites is 1. The summed E-state index contributed by atoms with van der Waals surface area (Å²) in [6.45, 7) is 5.43. The van der Waals surface area contributed by atoms with E-state index < -0.39 is 39.0 Å². The highest BCUT2D eigenvalue weighted by Crippen LogP contribution is 2.29. The van der Waals surface area contributed by atoms with Gasteiger partial charge in [-0.1, -0.05) is 39.0 Å². The fraction of sp³-hybridized carbons (Fsp3) is 0.300. The Morgan fingerprint density at radius 1 is 1.03 bits per heavy atom. The molecule has 0 saturated carbocycles. The molecule has 0 aliphatic carbocycles. The zero-order chi connectivity index (χ0) is 21.8. The number of hydrogen-bond acceptors (Lipinski definition) is 5. The highest BCUT2D eigenvalue weighted by atomic mass is 32.2. The Kier molecular flexibility index (Phi) is 6.73. The molecule has 1 amide bonds. The van der Waals surface area contributed by atoms with Gasteiger partial charge in [-0.2, -0.15) is 8.78 Å². The van der Waals surface area contributed by atoms with Crippen LogP contribution >= 0.6 is 0 Å². The van der Waals surface area contributed by atoms with Crippen LogP contribution < -0.4 is 5.32 Å². The summed E-state index contributed by atoms with van der Waals surface area (Å²) in [5.41, 5.74) is 1.24. The van der Waals surface area contributed by atoms with Gasteiger partial charge in [0.25, 0.3) is 5.91 Å². The molecule has 156 valence electrons. The number of sulfone groups is 1. The molecule has 29 heavy (non-hydrogen) atoms. The highest BCUT2D eigenvalue weighted by Gasteiger charge is 2.26. The summed E-state index contributed by atoms with van der Waals surface area (Å²) in [4.78, 5) is 23.5. The van der Waals surface area contributed by atoms with Crippen LogP contribution in [0, 0.1) is 0 Å². The molecular formula is C20H21F2NO5S. The van der Waals surface area contributed by atoms with E-state index in [1.807, 2.05) is 32.9 Å². The van der Waals surface area contributed by atoms with Crippen molar-refractivity contribution in [2.45, 2.75) is 36.8 Å². The molecule has 0 aliphatic rings. The Labute approximate surface area is 167 Å². The molecule has 0 saturated heterocycles. The molecule has 0 aliphatic heterocycles. The monoisotopic (exact) mass is 425 g/mol. The Morgan fingerprint density at radius 2 is 1.62 bits per heavy atom. The number of hydrogen-bond donors (Lipinski definition) is 1. The minimum Gasteiger partial charge on any atom is -0.452 e. The molecule has 2 aromatic rings. The van der Waals surface area contributed by atoms with Crippen LogP contribution in [0.1, 0.15) is 36.7 Å². The number of carbonyl (C=O) groups excluding carboxylic acids is 2. The van der Waals surface area contributed by atoms with Crippen molar-refractivity contribution in [2.24, 2.45) is 0 Å². The van der Waals surface area contributed by atoms with E-state index in [0.717, 1.165) is 29.8 Å². The third-order valence-electron chi connectivity index (χ3n) is 4.00. The largest absolute Gasteiger partial charge is 0.452 e. The summed E-state index contributed by atoms with van der Waals surface area (Å²) in [5.74, 6) is -4.99. The molecule has 0 spiro atoms. The molecule has 2 rings (SSSR count). The molecule has 0 fully saturated rings. The second-order valence-electron chi connectivity index (χ2n) is 7.25. The van der Waals surface area contributed by atoms with Crippen molar-refractivity contribution >= 4 is 27.4 Å². The van der Waals surface area contributed by atoms with E-state index in [0.29, 0.717) is 5.69 Å². The van der Waals surface area contributed by atoms with Gasteiger partial charge in [-0.15, -0.1) is 0 Å². The zero-order valence-corrected chi connectivity index (χ0v) is 16.9. The van der Waals surface area contributed by atoms with Crippen LogP contribution in [0.5, 0.6) is 0 Å². The number of carbonyl (C=O) groups is 2. The van der Waals surface area contributed by atoms with Gasteiger partial charge in [-0.3, -0.25) is 4.79 Å². The molecule has 1 N–H and O–H groups in total. The van der Waals surface area contributed by atoms with Crippen LogP contribution in [-0.4, -0.2) is 32.7 Å². The van der Waals surface area contributed by atoms with Gasteiger partial charge < -0.3 is 10.1 Å². The Hall–Kier alpha value is -2.81. The predicted octanol–water partition coefficient (Wildman–Crippen LogP) is 3.78. The van der Waals surface area contributed by atoms with Crippen molar-refractivity contribution in [3.8, 4) is 0 Å². The van der Waals surface area contributed by atoms with E-state index in [1.165, 1.54) is 0 Å². The van der Waals surface area contributed by atoms with E-state index in [4.69, 9.17) is 4.74 Å². The number of anilines is 1. The number of ether oxygens (including phenoxy) is 1. The lowest BCUT2D eigenvalue weighted by Crippen LogP contribution is -2.23. The van der Waals surface area contributed by atoms with E-state index in [9.17, 15) is 26.8 Å². The van der Waals surface area contributed by atoms with Crippen molar-refractivity contribution in [3.63, 3.8) is 0 Å². The maximum absolute atomic E-state index is 12.5. The first-order chi connectivity index (χ1) is 13.4. The fourth-order valence-electron chi connectivity index (χ4n) is 2.53. The molecule has 9 heteroatoms. The topological polar surface area (TPSA) is 89.5 Å². The molecule has 0 unspecified atom stereocenters. The number of rotatable bonds is 6. The van der Waals surface area contributed by atoms with Crippen molar-refractivity contribution in [1.29, 1.82) is 0 Å². The van der Waals surface area contributed by atoms with E-state index in [-0.39, 0.29) is 11.0 Å². The summed E-state index contributed by atoms with van der Waals surface area (Å²) in [6.07, 6.45) is 0. The molecule has 0 heterocycles. The number of halogens is 2. The van der Waals surface area contributed by atoms with Gasteiger partial charge in [0.1, 0.15) is 0 Å². The summed E-state index contributed by atoms with van der Waals surface area (Å²) in [6, 6.07) is 11.1. The third kappa shape index (κ3) is 5.60. The maximum atomic E-state index is 12.5. The summed E-state index contributed by atoms with van der Waals surface area (Å²) in [5, 5.41) is 2.69. The molecular weight excluding hydrogens is 404 g/mol. The first kappa shape index (κ1) is 22.5. The quantitative estimate of drug-likeness (QED) is 0.712. The van der Waals surface area contributed by atoms with Crippen LogP contribution in [0.2, 0.25) is 0 Å². The number of benzene rings is 2. The molecule has 6 nitrogen and oxygen atoms in total. The van der Waals surface area contributed by atoms with Gasteiger partial charge in [-0.05, 0) is 41.3 Å². The summed E-state index contributed by atoms with van der Waals surface area (Å²) >= 11 is 0. The first-order valence-electron chi connectivity index (χ1n) is 8.61. The lowest BCUT2D eigenvalue weighted by atomic mass is 9.86. The molecule has 0 radical (unpaired) electrons. The normalized spacial score (nSPS) is 11.9. The number of alkyl halides is 2. The summed E-state index contributed by atoms with van der Waals surface area (Å²) in [7, 11) is -4.75. The van der Waals surface area contributed by atoms with Gasteiger partial charge in [-0.25, -0.2) is 13.2 Å². The van der Waals surface area contributed by atoms with Crippen molar-refractivity contribution in [2.75, 3.05) is 11.9 Å². The van der Waals surface area contributed by atoms with Gasteiger partial charge in [0.2, 0.25) is 9.84 Å². The number of amides is 1. The van der Waals surface area contributed by atoms with E-state index in [2.05, 4.69) is 5.32 Å². The van der Waals surface area contributed by atoms with Crippen LogP contribution in [0.4, 0.5) is 14.5 Å². The SMILES string of the molecule is CC(C)(C)c1ccccc1NC(=O)COC(=O)c1ccc(S(=O)(=O)C(F)F)cc1. The number of esters is 1. The minimum absolute atomic E-state index is 0.0684. The minimum atomic E-state index is -4.75. The Balaban J connectivity index is 2.00. The molecule has 2 aromatic carbocycles. The molecule has 0 bridgehead atoms. The van der Waals surface area contributed by atoms with Crippen LogP contribution in [0.25, 0.3) is 0 Å². The summed E-state index contributed by atoms with van der Waals surface area (Å²) < 4.78 is 52.7. The lowest BCUT2D eigenvalue weighted by Gasteiger charge is -2.22. The second-order valence-corrected chi connectivity index (χ2v) is 9.17. The van der Waals surface area contributed by atoms with Gasteiger partial charge in [0.05, 0.1) is 10.5 Å². The standard InChI is InChI=1S/C20H21F2NO5S/c1-20(2,3)15-6-4-5-7-16(15)23-17(24)12-28-18(25)13-8-10-14(11-9-13)29(26,27)19(21)22/h4-11,19H,12H2,1-3H3,(H,23,24). The maximum Gasteiger partial charge on any atom is 0.341 e. The van der Waals surface area contributed by atoms with Gasteiger partial charge in [0.15, 0.2) is 6.61 Å². The van der Waals surface area contributed by atoms with Gasteiger partial charge >= 0.3 is 11.7 Å². The predicted molar refractivity (Wildman–Crippen MR) is 104 cm³/mol. The van der Waals surface area contributed by atoms with Crippen LogP contribution in [0.15, 0.2) is 53.4 Å². The van der Waals surface area contributed by atoms with Crippen LogP contribution in [0.3, 0.4) is 0 Å². The van der Waals surface area contributed by atoms with Crippen molar-refractivity contribution < 1.29 is 31.5 Å². The molecule has 0 aromatic heterocycles. The first-order valence-corrected chi connectivity index (χ1v) is 10.2. The van der Waals surface area contributed by atoms with E-state index in [1.54, 1.807) is 12.1 Å². The van der Waals surface area contributed by atoms with Crippen molar-refractivity contribution in [1.82, 2.24) is 0 Å². The van der Waals surface area contributed by atoms with Crippen LogP contribution in [-0.2, 0) is 24.8 Å². The molecule has 0 atom stereocenters. The third-order valence-corrected chi connectivity index (χ3v) is 5.40. The lowest BCUT2D eigenvalue weighted by molar-refractivity contribution is -0.119. The fourth-order valence-corrected chi connectivity index (χ4v) is 3.25. The van der Waals surface area contributed by atoms with E-state index >= 15 is 0 Å². The average Bonchev–Trinajstić information content (AvgIpc) is 2.65. The number of nitrogens with one attached hydrogen (secondary N) is 1. The second kappa shape index (κ2) is 8.69. The van der Waals surface area contributed by atoms with Crippen molar-refractivity contribution in [3.05, 3.63) is 59.7 Å². The zero-order valence-electron chi connectivity index (χ0n) is 16.1. The highest BCUT2D eigenvalue weighted by molar-refractivity contribution is 7.91.